The van der Waals surface area contributed by atoms with Crippen molar-refractivity contribution in [2.45, 2.75) is 12.2 Å². The average molecular weight is 322 g/mol. The van der Waals surface area contributed by atoms with Crippen LogP contribution in [-0.2, 0) is 5.75 Å². The van der Waals surface area contributed by atoms with Gasteiger partial charge in [0.2, 0.25) is 5.96 Å². The molecule has 0 bridgehead atoms. The van der Waals surface area contributed by atoms with Crippen LogP contribution in [-0.4, -0.2) is 29.8 Å². The summed E-state index contributed by atoms with van der Waals surface area (Å²) in [6.45, 7) is 0.949. The van der Waals surface area contributed by atoms with Gasteiger partial charge in [0.05, 0.1) is 17.3 Å². The Hall–Kier alpha value is -1.89. The monoisotopic (exact) mass is 321 g/mol. The number of nitrogens with zero attached hydrogens (tertiary/aromatic N) is 3. The van der Waals surface area contributed by atoms with Gasteiger partial charge in [-0.1, -0.05) is 17.5 Å². The minimum absolute atomic E-state index is 0.334. The van der Waals surface area contributed by atoms with Gasteiger partial charge in [-0.15, -0.1) is 6.42 Å². The van der Waals surface area contributed by atoms with Crippen LogP contribution in [0.3, 0.4) is 0 Å². The molecule has 0 radical (unpaired) electrons. The average Bonchev–Trinajstić information content (AvgIpc) is 2.49. The predicted molar refractivity (Wildman–Crippen MR) is 87.9 cm³/mol. The third-order valence-electron chi connectivity index (χ3n) is 2.32. The van der Waals surface area contributed by atoms with Gasteiger partial charge in [-0.25, -0.2) is 0 Å². The molecule has 7 heteroatoms. The molecule has 5 nitrogen and oxygen atoms in total. The van der Waals surface area contributed by atoms with Gasteiger partial charge in [0.15, 0.2) is 6.19 Å². The highest BCUT2D eigenvalue weighted by atomic mass is 35.5. The summed E-state index contributed by atoms with van der Waals surface area (Å²) in [6.07, 6.45) is 9.58. The first-order valence-electron chi connectivity index (χ1n) is 6.32. The normalized spacial score (nSPS) is 10.5. The van der Waals surface area contributed by atoms with Crippen LogP contribution in [0.15, 0.2) is 23.3 Å². The minimum atomic E-state index is 0.334. The van der Waals surface area contributed by atoms with Gasteiger partial charge in [0.25, 0.3) is 0 Å². The van der Waals surface area contributed by atoms with Crippen molar-refractivity contribution in [2.24, 2.45) is 4.99 Å². The van der Waals surface area contributed by atoms with Crippen LogP contribution in [0.1, 0.15) is 12.1 Å². The lowest BCUT2D eigenvalue weighted by atomic mass is 10.4. The lowest BCUT2D eigenvalue weighted by Gasteiger charge is -2.05. The van der Waals surface area contributed by atoms with Crippen molar-refractivity contribution in [3.8, 4) is 18.5 Å². The number of aromatic nitrogens is 1. The fraction of sp³-hybridized carbons (Fsp3) is 0.357. The summed E-state index contributed by atoms with van der Waals surface area (Å²) in [7, 11) is 0. The van der Waals surface area contributed by atoms with E-state index in [0.29, 0.717) is 24.1 Å². The van der Waals surface area contributed by atoms with Gasteiger partial charge in [-0.2, -0.15) is 17.0 Å². The standard InChI is InChI=1S/C14H16ClN5S/c1-2-6-18-14(20-11-16)19-8-4-9-21-10-13-12(15)5-3-7-17-13/h1,3,5,7H,4,6,8-10H2,(H2,18,19,20). The van der Waals surface area contributed by atoms with Crippen molar-refractivity contribution in [3.05, 3.63) is 29.0 Å². The molecule has 0 aromatic carbocycles. The number of rotatable bonds is 7. The van der Waals surface area contributed by atoms with Crippen molar-refractivity contribution in [3.63, 3.8) is 0 Å². The fourth-order valence-electron chi connectivity index (χ4n) is 1.38. The zero-order chi connectivity index (χ0) is 15.3. The number of nitrogens with one attached hydrogen (secondary N) is 2. The lowest BCUT2D eigenvalue weighted by molar-refractivity contribution is 0.899. The van der Waals surface area contributed by atoms with Crippen LogP contribution < -0.4 is 10.6 Å². The maximum atomic E-state index is 8.57. The number of aliphatic imine (C=N–C) groups is 1. The molecule has 1 rings (SSSR count). The summed E-state index contributed by atoms with van der Waals surface area (Å²) >= 11 is 7.78. The third-order valence-corrected chi connectivity index (χ3v) is 3.72. The molecule has 21 heavy (non-hydrogen) atoms. The van der Waals surface area contributed by atoms with Crippen molar-refractivity contribution in [1.29, 1.82) is 5.26 Å². The maximum Gasteiger partial charge on any atom is 0.205 e. The van der Waals surface area contributed by atoms with Crippen molar-refractivity contribution >= 4 is 29.3 Å². The van der Waals surface area contributed by atoms with E-state index in [0.717, 1.165) is 23.6 Å². The molecule has 1 aromatic rings. The van der Waals surface area contributed by atoms with Crippen molar-refractivity contribution in [2.75, 3.05) is 18.8 Å². The van der Waals surface area contributed by atoms with E-state index in [4.69, 9.17) is 23.3 Å². The SMILES string of the molecule is C#CCNC(=NCCCSCc1ncccc1Cl)NC#N. The Morgan fingerprint density at radius 2 is 2.43 bits per heavy atom. The molecule has 0 fully saturated rings. The molecule has 0 saturated heterocycles. The van der Waals surface area contributed by atoms with E-state index in [1.165, 1.54) is 0 Å². The van der Waals surface area contributed by atoms with Crippen molar-refractivity contribution < 1.29 is 0 Å². The number of nitriles is 1. The predicted octanol–water partition coefficient (Wildman–Crippen LogP) is 2.01. The number of hydrogen-bond donors (Lipinski definition) is 2. The van der Waals surface area contributed by atoms with Crippen LogP contribution in [0.4, 0.5) is 0 Å². The third kappa shape index (κ3) is 7.45. The molecule has 0 aliphatic heterocycles. The Kier molecular flexibility index (Phi) is 8.86. The molecule has 1 aromatic heterocycles. The van der Waals surface area contributed by atoms with Crippen LogP contribution in [0.25, 0.3) is 0 Å². The molecule has 0 unspecified atom stereocenters. The number of thioether (sulfide) groups is 1. The number of guanidine groups is 1. The second-order valence-electron chi connectivity index (χ2n) is 3.86. The maximum absolute atomic E-state index is 8.57. The van der Waals surface area contributed by atoms with Crippen LogP contribution in [0, 0.1) is 23.8 Å². The quantitative estimate of drug-likeness (QED) is 0.201. The summed E-state index contributed by atoms with van der Waals surface area (Å²) in [6, 6.07) is 3.66. The first kappa shape index (κ1) is 17.2. The van der Waals surface area contributed by atoms with E-state index >= 15 is 0 Å². The molecule has 0 spiro atoms. The molecule has 0 aliphatic carbocycles. The topological polar surface area (TPSA) is 73.1 Å². The van der Waals surface area contributed by atoms with Crippen molar-refractivity contribution in [1.82, 2.24) is 15.6 Å². The van der Waals surface area contributed by atoms with E-state index in [9.17, 15) is 0 Å². The van der Waals surface area contributed by atoms with E-state index in [1.807, 2.05) is 18.3 Å². The van der Waals surface area contributed by atoms with E-state index in [1.54, 1.807) is 18.0 Å². The highest BCUT2D eigenvalue weighted by Gasteiger charge is 2.00. The molecular weight excluding hydrogens is 306 g/mol. The Balaban J connectivity index is 2.22. The number of hydrogen-bond acceptors (Lipinski definition) is 4. The highest BCUT2D eigenvalue weighted by molar-refractivity contribution is 7.98. The Morgan fingerprint density at radius 1 is 1.57 bits per heavy atom. The summed E-state index contributed by atoms with van der Waals surface area (Å²) in [5.41, 5.74) is 0.898. The zero-order valence-corrected chi connectivity index (χ0v) is 13.0. The second kappa shape index (κ2) is 10.8. The molecule has 0 amide bonds. The molecular formula is C14H16ClN5S. The van der Waals surface area contributed by atoms with E-state index in [-0.39, 0.29) is 0 Å². The van der Waals surface area contributed by atoms with Gasteiger partial charge in [0, 0.05) is 18.5 Å². The summed E-state index contributed by atoms with van der Waals surface area (Å²) < 4.78 is 0. The summed E-state index contributed by atoms with van der Waals surface area (Å²) in [5, 5.41) is 14.6. The van der Waals surface area contributed by atoms with Crippen LogP contribution in [0.2, 0.25) is 5.02 Å². The molecule has 0 aliphatic rings. The van der Waals surface area contributed by atoms with Crippen LogP contribution in [0.5, 0.6) is 0 Å². The summed E-state index contributed by atoms with van der Waals surface area (Å²) in [4.78, 5) is 8.46. The van der Waals surface area contributed by atoms with Gasteiger partial charge >= 0.3 is 0 Å². The number of pyridine rings is 1. The molecule has 110 valence electrons. The molecule has 1 heterocycles. The first-order chi connectivity index (χ1) is 10.3. The number of halogens is 1. The number of terminal acetylenes is 1. The Morgan fingerprint density at radius 3 is 3.14 bits per heavy atom. The Bertz CT molecular complexity index is 547. The van der Waals surface area contributed by atoms with Gasteiger partial charge in [-0.3, -0.25) is 15.3 Å². The fourth-order valence-corrected chi connectivity index (χ4v) is 2.55. The molecule has 2 N–H and O–H groups in total. The second-order valence-corrected chi connectivity index (χ2v) is 5.38. The van der Waals surface area contributed by atoms with Gasteiger partial charge in [-0.05, 0) is 24.3 Å². The van der Waals surface area contributed by atoms with Gasteiger partial charge in [0.1, 0.15) is 0 Å². The zero-order valence-electron chi connectivity index (χ0n) is 11.5. The highest BCUT2D eigenvalue weighted by Crippen LogP contribution is 2.18. The van der Waals surface area contributed by atoms with Crippen LogP contribution >= 0.6 is 23.4 Å². The minimum Gasteiger partial charge on any atom is -0.345 e. The van der Waals surface area contributed by atoms with Gasteiger partial charge < -0.3 is 5.32 Å². The van der Waals surface area contributed by atoms with E-state index < -0.39 is 0 Å². The largest absolute Gasteiger partial charge is 0.345 e. The first-order valence-corrected chi connectivity index (χ1v) is 7.85. The smallest absolute Gasteiger partial charge is 0.205 e. The van der Waals surface area contributed by atoms with E-state index in [2.05, 4.69) is 26.5 Å². The molecule has 0 saturated carbocycles. The Labute approximate surface area is 134 Å². The summed E-state index contributed by atoms with van der Waals surface area (Å²) in [5.74, 6) is 4.55. The molecule has 0 atom stereocenters. The lowest BCUT2D eigenvalue weighted by Crippen LogP contribution is -2.34.